The number of carbonyl (C=O) groups excluding carboxylic acids is 2. The van der Waals surface area contributed by atoms with Gasteiger partial charge in [0.25, 0.3) is 0 Å². The number of unbranched alkanes of at least 4 members (excludes halogenated alkanes) is 8. The van der Waals surface area contributed by atoms with Crippen molar-refractivity contribution in [3.05, 3.63) is 0 Å². The fourth-order valence-electron chi connectivity index (χ4n) is 2.91. The zero-order chi connectivity index (χ0) is 19.5. The zero-order valence-corrected chi connectivity index (χ0v) is 17.5. The molecule has 0 saturated heterocycles. The third kappa shape index (κ3) is 16.4. The van der Waals surface area contributed by atoms with Gasteiger partial charge in [0.1, 0.15) is 6.10 Å². The maximum absolute atomic E-state index is 11.9. The quantitative estimate of drug-likeness (QED) is 0.208. The van der Waals surface area contributed by atoms with Crippen LogP contribution in [-0.2, 0) is 19.1 Å². The van der Waals surface area contributed by atoms with E-state index in [1.807, 2.05) is 6.92 Å². The molecular weight excluding hydrogens is 328 g/mol. The molecule has 0 N–H and O–H groups in total. The first-order chi connectivity index (χ1) is 12.6. The first-order valence-electron chi connectivity index (χ1n) is 11.0. The van der Waals surface area contributed by atoms with Gasteiger partial charge in [-0.1, -0.05) is 72.1 Å². The van der Waals surface area contributed by atoms with Gasteiger partial charge in [0.2, 0.25) is 0 Å². The van der Waals surface area contributed by atoms with Gasteiger partial charge in [-0.3, -0.25) is 9.59 Å². The molecule has 0 radical (unpaired) electrons. The number of rotatable bonds is 18. The van der Waals surface area contributed by atoms with E-state index in [1.54, 1.807) is 0 Å². The maximum Gasteiger partial charge on any atom is 0.306 e. The van der Waals surface area contributed by atoms with Gasteiger partial charge in [0.15, 0.2) is 0 Å². The van der Waals surface area contributed by atoms with Crippen LogP contribution in [0.3, 0.4) is 0 Å². The van der Waals surface area contributed by atoms with Crippen molar-refractivity contribution in [2.75, 3.05) is 6.61 Å². The third-order valence-electron chi connectivity index (χ3n) is 4.66. The van der Waals surface area contributed by atoms with Crippen LogP contribution in [0, 0.1) is 0 Å². The van der Waals surface area contributed by atoms with Crippen LogP contribution in [0.2, 0.25) is 0 Å². The second kappa shape index (κ2) is 18.7. The van der Waals surface area contributed by atoms with Crippen LogP contribution in [-0.4, -0.2) is 24.6 Å². The summed E-state index contributed by atoms with van der Waals surface area (Å²) in [5.74, 6) is -0.382. The van der Waals surface area contributed by atoms with E-state index >= 15 is 0 Å². The molecule has 154 valence electrons. The molecule has 0 spiro atoms. The van der Waals surface area contributed by atoms with Gasteiger partial charge < -0.3 is 9.47 Å². The highest BCUT2D eigenvalue weighted by atomic mass is 16.5. The van der Waals surface area contributed by atoms with Crippen molar-refractivity contribution >= 4 is 11.9 Å². The normalized spacial score (nSPS) is 12.0. The lowest BCUT2D eigenvalue weighted by atomic mass is 10.1. The summed E-state index contributed by atoms with van der Waals surface area (Å²) in [6.45, 7) is 6.94. The molecule has 0 aromatic rings. The second-order valence-corrected chi connectivity index (χ2v) is 7.21. The van der Waals surface area contributed by atoms with Crippen molar-refractivity contribution < 1.29 is 19.1 Å². The Morgan fingerprint density at radius 1 is 0.692 bits per heavy atom. The number of hydrogen-bond acceptors (Lipinski definition) is 4. The summed E-state index contributed by atoms with van der Waals surface area (Å²) < 4.78 is 10.7. The molecule has 0 aliphatic heterocycles. The summed E-state index contributed by atoms with van der Waals surface area (Å²) in [5.41, 5.74) is 0. The highest BCUT2D eigenvalue weighted by Gasteiger charge is 2.13. The molecule has 26 heavy (non-hydrogen) atoms. The Hall–Kier alpha value is -1.06. The molecule has 0 fully saturated rings. The van der Waals surface area contributed by atoms with Crippen molar-refractivity contribution in [2.24, 2.45) is 0 Å². The summed E-state index contributed by atoms with van der Waals surface area (Å²) >= 11 is 0. The molecule has 0 aliphatic rings. The lowest BCUT2D eigenvalue weighted by Crippen LogP contribution is -2.17. The van der Waals surface area contributed by atoms with Crippen LogP contribution in [0.25, 0.3) is 0 Å². The molecule has 0 aliphatic carbocycles. The predicted octanol–water partition coefficient (Wildman–Crippen LogP) is 6.35. The molecular formula is C22H42O4. The molecule has 0 heterocycles. The van der Waals surface area contributed by atoms with E-state index in [1.165, 1.54) is 44.9 Å². The minimum atomic E-state index is -0.196. The molecule has 1 atom stereocenters. The Labute approximate surface area is 161 Å². The third-order valence-corrected chi connectivity index (χ3v) is 4.66. The van der Waals surface area contributed by atoms with Crippen molar-refractivity contribution in [3.8, 4) is 0 Å². The van der Waals surface area contributed by atoms with Crippen LogP contribution in [0.5, 0.6) is 0 Å². The first kappa shape index (κ1) is 24.9. The van der Waals surface area contributed by atoms with Gasteiger partial charge in [-0.2, -0.15) is 0 Å². The van der Waals surface area contributed by atoms with Crippen molar-refractivity contribution in [2.45, 2.75) is 123 Å². The second-order valence-electron chi connectivity index (χ2n) is 7.21. The fraction of sp³-hybridized carbons (Fsp3) is 0.909. The van der Waals surface area contributed by atoms with E-state index in [-0.39, 0.29) is 18.0 Å². The van der Waals surface area contributed by atoms with Crippen LogP contribution in [0.1, 0.15) is 117 Å². The highest BCUT2D eigenvalue weighted by molar-refractivity contribution is 5.72. The van der Waals surface area contributed by atoms with Gasteiger partial charge in [0.05, 0.1) is 6.61 Å². The predicted molar refractivity (Wildman–Crippen MR) is 107 cm³/mol. The van der Waals surface area contributed by atoms with E-state index in [2.05, 4.69) is 13.8 Å². The number of carbonyl (C=O) groups is 2. The summed E-state index contributed by atoms with van der Waals surface area (Å²) in [5, 5.41) is 0. The minimum Gasteiger partial charge on any atom is -0.466 e. The zero-order valence-electron chi connectivity index (χ0n) is 17.5. The maximum atomic E-state index is 11.9. The van der Waals surface area contributed by atoms with Crippen molar-refractivity contribution in [1.82, 2.24) is 0 Å². The smallest absolute Gasteiger partial charge is 0.306 e. The average molecular weight is 371 g/mol. The Balaban J connectivity index is 3.57. The summed E-state index contributed by atoms with van der Waals surface area (Å²) in [7, 11) is 0. The standard InChI is InChI=1S/C22H42O4/c1-4-7-9-10-11-12-14-19-25-21(23)17-15-18-22(24)26-20(6-3)16-13-8-5-2/h20H,4-19H2,1-3H3. The monoisotopic (exact) mass is 370 g/mol. The van der Waals surface area contributed by atoms with Gasteiger partial charge >= 0.3 is 11.9 Å². The molecule has 0 aromatic carbocycles. The average Bonchev–Trinajstić information content (AvgIpc) is 2.63. The van der Waals surface area contributed by atoms with Crippen LogP contribution in [0.4, 0.5) is 0 Å². The van der Waals surface area contributed by atoms with Gasteiger partial charge in [-0.05, 0) is 32.1 Å². The lowest BCUT2D eigenvalue weighted by molar-refractivity contribution is -0.150. The van der Waals surface area contributed by atoms with Crippen molar-refractivity contribution in [1.29, 1.82) is 0 Å². The van der Waals surface area contributed by atoms with E-state index < -0.39 is 0 Å². The Morgan fingerprint density at radius 2 is 1.27 bits per heavy atom. The number of esters is 2. The van der Waals surface area contributed by atoms with Crippen LogP contribution in [0.15, 0.2) is 0 Å². The fourth-order valence-corrected chi connectivity index (χ4v) is 2.91. The van der Waals surface area contributed by atoms with E-state index in [0.29, 0.717) is 25.9 Å². The Kier molecular flexibility index (Phi) is 18.0. The molecule has 4 nitrogen and oxygen atoms in total. The van der Waals surface area contributed by atoms with Gasteiger partial charge in [0, 0.05) is 12.8 Å². The number of hydrogen-bond donors (Lipinski definition) is 0. The largest absolute Gasteiger partial charge is 0.466 e. The highest BCUT2D eigenvalue weighted by Crippen LogP contribution is 2.12. The molecule has 0 amide bonds. The molecule has 0 rings (SSSR count). The molecule has 1 unspecified atom stereocenters. The van der Waals surface area contributed by atoms with Gasteiger partial charge in [-0.25, -0.2) is 0 Å². The molecule has 0 bridgehead atoms. The molecule has 0 saturated carbocycles. The summed E-state index contributed by atoms with van der Waals surface area (Å²) in [6, 6.07) is 0. The summed E-state index contributed by atoms with van der Waals surface area (Å²) in [4.78, 5) is 23.5. The Bertz CT molecular complexity index is 341. The van der Waals surface area contributed by atoms with E-state index in [9.17, 15) is 9.59 Å². The lowest BCUT2D eigenvalue weighted by Gasteiger charge is -2.15. The first-order valence-corrected chi connectivity index (χ1v) is 11.0. The molecule has 0 aromatic heterocycles. The number of ether oxygens (including phenoxy) is 2. The summed E-state index contributed by atoms with van der Waals surface area (Å²) in [6.07, 6.45) is 14.9. The SMILES string of the molecule is CCCCCCCCCOC(=O)CCCC(=O)OC(CC)CCCCC. The van der Waals surface area contributed by atoms with Crippen LogP contribution < -0.4 is 0 Å². The van der Waals surface area contributed by atoms with Gasteiger partial charge in [-0.15, -0.1) is 0 Å². The topological polar surface area (TPSA) is 52.6 Å². The molecule has 4 heteroatoms. The Morgan fingerprint density at radius 3 is 1.92 bits per heavy atom. The van der Waals surface area contributed by atoms with Crippen LogP contribution >= 0.6 is 0 Å². The minimum absolute atomic E-state index is 0.0262. The van der Waals surface area contributed by atoms with E-state index in [0.717, 1.165) is 32.1 Å². The van der Waals surface area contributed by atoms with Crippen molar-refractivity contribution in [3.63, 3.8) is 0 Å². The van der Waals surface area contributed by atoms with E-state index in [4.69, 9.17) is 9.47 Å².